The van der Waals surface area contributed by atoms with E-state index >= 15 is 0 Å². The second-order valence-corrected chi connectivity index (χ2v) is 7.45. The highest BCUT2D eigenvalue weighted by Crippen LogP contribution is 2.18. The SMILES string of the molecule is CC(C)(O)COc1cc(/C=N/Nc2cccc(C(N)=O)c2)nc(N2CCOCC2)n1. The van der Waals surface area contributed by atoms with E-state index in [2.05, 4.69) is 20.5 Å². The van der Waals surface area contributed by atoms with E-state index in [9.17, 15) is 9.90 Å². The molecule has 0 atom stereocenters. The minimum atomic E-state index is -0.995. The number of hydrogen-bond donors (Lipinski definition) is 3. The average Bonchev–Trinajstić information content (AvgIpc) is 2.72. The Labute approximate surface area is 174 Å². The smallest absolute Gasteiger partial charge is 0.248 e. The van der Waals surface area contributed by atoms with E-state index in [1.54, 1.807) is 44.2 Å². The molecule has 0 bridgehead atoms. The average molecular weight is 414 g/mol. The van der Waals surface area contributed by atoms with Crippen LogP contribution in [0.2, 0.25) is 0 Å². The molecule has 0 unspecified atom stereocenters. The molecule has 1 saturated heterocycles. The van der Waals surface area contributed by atoms with E-state index in [-0.39, 0.29) is 6.61 Å². The van der Waals surface area contributed by atoms with E-state index in [0.717, 1.165) is 0 Å². The lowest BCUT2D eigenvalue weighted by Crippen LogP contribution is -2.37. The van der Waals surface area contributed by atoms with Crippen LogP contribution in [0.15, 0.2) is 35.4 Å². The van der Waals surface area contributed by atoms with E-state index in [0.29, 0.717) is 55.1 Å². The monoisotopic (exact) mass is 414 g/mol. The molecular weight excluding hydrogens is 388 g/mol. The zero-order valence-electron chi connectivity index (χ0n) is 17.0. The summed E-state index contributed by atoms with van der Waals surface area (Å²) in [6.07, 6.45) is 1.53. The first-order valence-electron chi connectivity index (χ1n) is 9.56. The Balaban J connectivity index is 1.78. The molecule has 0 aliphatic carbocycles. The van der Waals surface area contributed by atoms with Crippen LogP contribution in [0.25, 0.3) is 0 Å². The van der Waals surface area contributed by atoms with E-state index < -0.39 is 11.5 Å². The number of amides is 1. The van der Waals surface area contributed by atoms with Crippen molar-refractivity contribution in [2.24, 2.45) is 10.8 Å². The lowest BCUT2D eigenvalue weighted by molar-refractivity contribution is 0.0268. The van der Waals surface area contributed by atoms with Crippen molar-refractivity contribution in [2.45, 2.75) is 19.4 Å². The molecule has 1 aliphatic rings. The van der Waals surface area contributed by atoms with Crippen LogP contribution in [-0.2, 0) is 4.74 Å². The molecule has 10 heteroatoms. The summed E-state index contributed by atoms with van der Waals surface area (Å²) < 4.78 is 11.0. The summed E-state index contributed by atoms with van der Waals surface area (Å²) in [5, 5.41) is 14.1. The van der Waals surface area contributed by atoms with Gasteiger partial charge in [0.2, 0.25) is 17.7 Å². The van der Waals surface area contributed by atoms with Gasteiger partial charge in [-0.1, -0.05) is 6.07 Å². The number of nitrogens with one attached hydrogen (secondary N) is 1. The number of anilines is 2. The van der Waals surface area contributed by atoms with Crippen LogP contribution in [0.3, 0.4) is 0 Å². The van der Waals surface area contributed by atoms with Crippen LogP contribution in [-0.4, -0.2) is 65.7 Å². The van der Waals surface area contributed by atoms with E-state index in [4.69, 9.17) is 15.2 Å². The zero-order valence-corrected chi connectivity index (χ0v) is 17.0. The zero-order chi connectivity index (χ0) is 21.6. The standard InChI is InChI=1S/C20H26N6O4/c1-20(2,28)13-30-17-11-16(23-19(24-17)26-6-8-29-9-7-26)12-22-25-15-5-3-4-14(10-15)18(21)27/h3-5,10-12,25,28H,6-9,13H2,1-2H3,(H2,21,27)/b22-12+. The molecule has 1 amide bonds. The molecule has 0 saturated carbocycles. The number of carbonyl (C=O) groups excluding carboxylic acids is 1. The number of morpholine rings is 1. The molecule has 0 radical (unpaired) electrons. The van der Waals surface area contributed by atoms with Gasteiger partial charge in [-0.3, -0.25) is 10.2 Å². The second-order valence-electron chi connectivity index (χ2n) is 7.45. The number of hydrogen-bond acceptors (Lipinski definition) is 9. The van der Waals surface area contributed by atoms with Gasteiger partial charge in [-0.25, -0.2) is 4.98 Å². The quantitative estimate of drug-likeness (QED) is 0.430. The van der Waals surface area contributed by atoms with Gasteiger partial charge in [-0.05, 0) is 32.0 Å². The second kappa shape index (κ2) is 9.51. The van der Waals surface area contributed by atoms with Gasteiger partial charge in [0.05, 0.1) is 36.4 Å². The molecule has 2 heterocycles. The fourth-order valence-electron chi connectivity index (χ4n) is 2.64. The first-order chi connectivity index (χ1) is 14.3. The topological polar surface area (TPSA) is 135 Å². The molecule has 1 aromatic heterocycles. The maximum Gasteiger partial charge on any atom is 0.248 e. The number of primary amides is 1. The molecule has 160 valence electrons. The Morgan fingerprint density at radius 2 is 2.13 bits per heavy atom. The molecule has 10 nitrogen and oxygen atoms in total. The van der Waals surface area contributed by atoms with Crippen LogP contribution < -0.4 is 20.8 Å². The summed E-state index contributed by atoms with van der Waals surface area (Å²) in [6.45, 7) is 5.93. The summed E-state index contributed by atoms with van der Waals surface area (Å²) >= 11 is 0. The van der Waals surface area contributed by atoms with Crippen LogP contribution in [0.4, 0.5) is 11.6 Å². The Hall–Kier alpha value is -3.24. The fourth-order valence-corrected chi connectivity index (χ4v) is 2.64. The lowest BCUT2D eigenvalue weighted by Gasteiger charge is -2.27. The highest BCUT2D eigenvalue weighted by atomic mass is 16.5. The number of nitrogens with zero attached hydrogens (tertiary/aromatic N) is 4. The predicted molar refractivity (Wildman–Crippen MR) is 113 cm³/mol. The summed E-state index contributed by atoms with van der Waals surface area (Å²) in [4.78, 5) is 22.3. The third-order valence-corrected chi connectivity index (χ3v) is 4.12. The summed E-state index contributed by atoms with van der Waals surface area (Å²) in [7, 11) is 0. The van der Waals surface area contributed by atoms with Crippen molar-refractivity contribution in [1.29, 1.82) is 0 Å². The van der Waals surface area contributed by atoms with Crippen molar-refractivity contribution in [1.82, 2.24) is 9.97 Å². The van der Waals surface area contributed by atoms with Crippen LogP contribution in [0.1, 0.15) is 29.9 Å². The minimum absolute atomic E-state index is 0.0846. The van der Waals surface area contributed by atoms with E-state index in [1.165, 1.54) is 6.21 Å². The number of benzene rings is 1. The van der Waals surface area contributed by atoms with Gasteiger partial charge in [-0.15, -0.1) is 0 Å². The van der Waals surface area contributed by atoms with E-state index in [1.807, 2.05) is 4.90 Å². The van der Waals surface area contributed by atoms with Gasteiger partial charge in [0.1, 0.15) is 6.61 Å². The van der Waals surface area contributed by atoms with Crippen molar-refractivity contribution in [3.63, 3.8) is 0 Å². The van der Waals surface area contributed by atoms with Gasteiger partial charge in [-0.2, -0.15) is 10.1 Å². The summed E-state index contributed by atoms with van der Waals surface area (Å²) in [5.74, 6) is 0.330. The van der Waals surface area contributed by atoms with Crippen LogP contribution in [0.5, 0.6) is 5.88 Å². The summed E-state index contributed by atoms with van der Waals surface area (Å²) in [5.41, 5.74) is 8.68. The third kappa shape index (κ3) is 6.39. The predicted octanol–water partition coefficient (Wildman–Crippen LogP) is 1.01. The number of rotatable bonds is 8. The number of nitrogens with two attached hydrogens (primary N) is 1. The Morgan fingerprint density at radius 3 is 2.83 bits per heavy atom. The van der Waals surface area contributed by atoms with Crippen molar-refractivity contribution in [2.75, 3.05) is 43.2 Å². The highest BCUT2D eigenvalue weighted by Gasteiger charge is 2.18. The van der Waals surface area contributed by atoms with Gasteiger partial charge in [0.15, 0.2) is 0 Å². The maximum atomic E-state index is 11.3. The number of aliphatic hydroxyl groups is 1. The summed E-state index contributed by atoms with van der Waals surface area (Å²) in [6, 6.07) is 8.35. The van der Waals surface area contributed by atoms with Crippen molar-refractivity contribution < 1.29 is 19.4 Å². The first-order valence-corrected chi connectivity index (χ1v) is 9.56. The third-order valence-electron chi connectivity index (χ3n) is 4.12. The fraction of sp³-hybridized carbons (Fsp3) is 0.400. The maximum absolute atomic E-state index is 11.3. The van der Waals surface area contributed by atoms with Gasteiger partial charge >= 0.3 is 0 Å². The van der Waals surface area contributed by atoms with Crippen molar-refractivity contribution in [3.8, 4) is 5.88 Å². The number of ether oxygens (including phenoxy) is 2. The number of aromatic nitrogens is 2. The lowest BCUT2D eigenvalue weighted by atomic mass is 10.2. The van der Waals surface area contributed by atoms with Gasteiger partial charge in [0, 0.05) is 24.7 Å². The largest absolute Gasteiger partial charge is 0.474 e. The Kier molecular flexibility index (Phi) is 6.80. The van der Waals surface area contributed by atoms with Crippen LogP contribution in [0, 0.1) is 0 Å². The molecule has 1 aromatic carbocycles. The Bertz CT molecular complexity index is 906. The molecule has 3 rings (SSSR count). The number of carbonyl (C=O) groups is 1. The molecule has 30 heavy (non-hydrogen) atoms. The van der Waals surface area contributed by atoms with Crippen molar-refractivity contribution >= 4 is 23.8 Å². The molecular formula is C20H26N6O4. The molecule has 0 spiro atoms. The Morgan fingerprint density at radius 1 is 1.37 bits per heavy atom. The molecule has 4 N–H and O–H groups in total. The normalized spacial score (nSPS) is 14.7. The first kappa shape index (κ1) is 21.5. The van der Waals surface area contributed by atoms with Crippen LogP contribution >= 0.6 is 0 Å². The highest BCUT2D eigenvalue weighted by molar-refractivity contribution is 5.93. The van der Waals surface area contributed by atoms with Gasteiger partial charge in [0.25, 0.3) is 0 Å². The van der Waals surface area contributed by atoms with Gasteiger partial charge < -0.3 is 25.2 Å². The molecule has 1 aliphatic heterocycles. The van der Waals surface area contributed by atoms with Crippen molar-refractivity contribution in [3.05, 3.63) is 41.6 Å². The number of hydrazone groups is 1. The molecule has 2 aromatic rings. The molecule has 1 fully saturated rings. The minimum Gasteiger partial charge on any atom is -0.474 e.